The molecule has 12 heteroatoms. The first-order chi connectivity index (χ1) is 14.6. The van der Waals surface area contributed by atoms with Gasteiger partial charge in [-0.05, 0) is 42.8 Å². The molecule has 8 nitrogen and oxygen atoms in total. The molecule has 2 amide bonds. The molecule has 1 aromatic heterocycles. The third-order valence-electron chi connectivity index (χ3n) is 4.83. The molecule has 1 saturated heterocycles. The summed E-state index contributed by atoms with van der Waals surface area (Å²) in [5.41, 5.74) is 0.296. The number of aryl methyl sites for hydroxylation is 1. The molecule has 0 spiro atoms. The van der Waals surface area contributed by atoms with Crippen LogP contribution < -0.4 is 4.72 Å². The fourth-order valence-electron chi connectivity index (χ4n) is 3.15. The van der Waals surface area contributed by atoms with Crippen LogP contribution in [0.15, 0.2) is 36.5 Å². The third kappa shape index (κ3) is 5.39. The van der Waals surface area contributed by atoms with Crippen LogP contribution in [0.25, 0.3) is 0 Å². The van der Waals surface area contributed by atoms with Crippen molar-refractivity contribution in [3.63, 3.8) is 0 Å². The largest absolute Gasteiger partial charge is 0.755 e. The number of benzene rings is 1. The van der Waals surface area contributed by atoms with Gasteiger partial charge in [0.1, 0.15) is 5.69 Å². The molecular formula is C19H18F3N4O4S-. The maximum atomic E-state index is 12.7. The minimum absolute atomic E-state index is 0.0951. The maximum Gasteiger partial charge on any atom is 0.417 e. The van der Waals surface area contributed by atoms with E-state index in [1.54, 1.807) is 17.9 Å². The number of carbonyl (C=O) groups excluding carboxylic acids is 2. The molecule has 1 aliphatic rings. The van der Waals surface area contributed by atoms with E-state index in [1.807, 2.05) is 0 Å². The van der Waals surface area contributed by atoms with Gasteiger partial charge in [-0.1, -0.05) is 0 Å². The number of nitrogens with zero attached hydrogens (tertiary/aromatic N) is 3. The summed E-state index contributed by atoms with van der Waals surface area (Å²) in [6.45, 7) is 2.57. The first-order valence-electron chi connectivity index (χ1n) is 9.14. The smallest absolute Gasteiger partial charge is 0.417 e. The summed E-state index contributed by atoms with van der Waals surface area (Å²) in [4.78, 5) is 31.8. The highest BCUT2D eigenvalue weighted by Gasteiger charge is 2.32. The average Bonchev–Trinajstić information content (AvgIpc) is 2.73. The van der Waals surface area contributed by atoms with E-state index in [2.05, 4.69) is 9.71 Å². The number of nitrogens with one attached hydrogen (secondary N) is 1. The summed E-state index contributed by atoms with van der Waals surface area (Å²) in [6.07, 6.45) is -3.91. The minimum atomic E-state index is -4.53. The molecule has 1 aliphatic heterocycles. The fraction of sp³-hybridized carbons (Fsp3) is 0.316. The number of aromatic nitrogens is 1. The Balaban J connectivity index is 1.61. The molecule has 0 saturated carbocycles. The first kappa shape index (κ1) is 22.7. The minimum Gasteiger partial charge on any atom is -0.755 e. The second-order valence-electron chi connectivity index (χ2n) is 6.88. The molecule has 166 valence electrons. The highest BCUT2D eigenvalue weighted by molar-refractivity contribution is 7.80. The Morgan fingerprint density at radius 1 is 1.06 bits per heavy atom. The lowest BCUT2D eigenvalue weighted by molar-refractivity contribution is -0.137. The van der Waals surface area contributed by atoms with Crippen LogP contribution in [0.4, 0.5) is 18.9 Å². The van der Waals surface area contributed by atoms with Crippen LogP contribution in [0.5, 0.6) is 0 Å². The highest BCUT2D eigenvalue weighted by Crippen LogP contribution is 2.28. The van der Waals surface area contributed by atoms with Crippen LogP contribution in [-0.2, 0) is 17.4 Å². The summed E-state index contributed by atoms with van der Waals surface area (Å²) < 4.78 is 61.7. The van der Waals surface area contributed by atoms with Gasteiger partial charge in [0, 0.05) is 54.9 Å². The Bertz CT molecular complexity index is 1010. The van der Waals surface area contributed by atoms with Crippen molar-refractivity contribution in [3.8, 4) is 0 Å². The van der Waals surface area contributed by atoms with Crippen LogP contribution in [0.3, 0.4) is 0 Å². The topological polar surface area (TPSA) is 106 Å². The number of piperazine rings is 1. The lowest BCUT2D eigenvalue weighted by Crippen LogP contribution is -2.50. The summed E-state index contributed by atoms with van der Waals surface area (Å²) in [6, 6.07) is 6.42. The molecule has 1 N–H and O–H groups in total. The fourth-order valence-corrected chi connectivity index (χ4v) is 3.55. The molecule has 0 aliphatic carbocycles. The van der Waals surface area contributed by atoms with Crippen LogP contribution in [-0.4, -0.2) is 61.5 Å². The van der Waals surface area contributed by atoms with E-state index >= 15 is 0 Å². The van der Waals surface area contributed by atoms with Gasteiger partial charge in [-0.25, -0.2) is 0 Å². The number of alkyl halides is 3. The van der Waals surface area contributed by atoms with Gasteiger partial charge < -0.3 is 19.1 Å². The second-order valence-corrected chi connectivity index (χ2v) is 7.55. The zero-order chi connectivity index (χ0) is 22.8. The van der Waals surface area contributed by atoms with Crippen molar-refractivity contribution >= 4 is 28.8 Å². The standard InChI is InChI=1S/C19H19F3N4O4S/c1-12-10-13(2-4-15(12)24-31(29)30)17(27)25-6-8-26(9-7-25)18(28)16-5-3-14(11-23-16)19(20,21)22/h2-5,10-11,24H,6-9H2,1H3,(H,29,30)/p-1. The summed E-state index contributed by atoms with van der Waals surface area (Å²) >= 11 is -2.47. The number of pyridine rings is 1. The van der Waals surface area contributed by atoms with Crippen molar-refractivity contribution < 1.29 is 31.5 Å². The Kier molecular flexibility index (Phi) is 6.60. The van der Waals surface area contributed by atoms with Crippen molar-refractivity contribution in [3.05, 3.63) is 58.9 Å². The maximum absolute atomic E-state index is 12.7. The molecule has 2 aromatic rings. The normalized spacial score (nSPS) is 15.5. The van der Waals surface area contributed by atoms with Crippen molar-refractivity contribution in [1.82, 2.24) is 14.8 Å². The van der Waals surface area contributed by atoms with E-state index in [0.717, 1.165) is 12.1 Å². The van der Waals surface area contributed by atoms with Gasteiger partial charge in [-0.2, -0.15) is 13.2 Å². The Morgan fingerprint density at radius 3 is 2.16 bits per heavy atom. The number of carbonyl (C=O) groups is 2. The Morgan fingerprint density at radius 2 is 1.68 bits per heavy atom. The van der Waals surface area contributed by atoms with Gasteiger partial charge >= 0.3 is 6.18 Å². The number of amides is 2. The molecule has 1 atom stereocenters. The van der Waals surface area contributed by atoms with Gasteiger partial charge in [0.25, 0.3) is 11.8 Å². The molecule has 1 fully saturated rings. The summed E-state index contributed by atoms with van der Waals surface area (Å²) in [5, 5.41) is 0. The number of hydrogen-bond acceptors (Lipinski definition) is 5. The predicted octanol–water partition coefficient (Wildman–Crippen LogP) is 2.21. The van der Waals surface area contributed by atoms with Gasteiger partial charge in [0.05, 0.1) is 5.56 Å². The molecule has 0 bridgehead atoms. The van der Waals surface area contributed by atoms with E-state index in [-0.39, 0.29) is 37.8 Å². The molecule has 3 rings (SSSR count). The Labute approximate surface area is 178 Å². The number of anilines is 1. The van der Waals surface area contributed by atoms with E-state index in [1.165, 1.54) is 17.0 Å². The quantitative estimate of drug-likeness (QED) is 0.712. The SMILES string of the molecule is Cc1cc(C(=O)N2CCN(C(=O)c3ccc(C(F)(F)F)cn3)CC2)ccc1NS(=O)[O-]. The van der Waals surface area contributed by atoms with Gasteiger partial charge in [0.15, 0.2) is 0 Å². The van der Waals surface area contributed by atoms with Crippen LogP contribution in [0, 0.1) is 6.92 Å². The van der Waals surface area contributed by atoms with Crippen molar-refractivity contribution in [1.29, 1.82) is 0 Å². The summed E-state index contributed by atoms with van der Waals surface area (Å²) in [5.74, 6) is -0.768. The molecule has 0 radical (unpaired) electrons. The zero-order valence-corrected chi connectivity index (χ0v) is 17.1. The van der Waals surface area contributed by atoms with Gasteiger partial charge in [-0.15, -0.1) is 0 Å². The van der Waals surface area contributed by atoms with Crippen LogP contribution in [0.2, 0.25) is 0 Å². The van der Waals surface area contributed by atoms with E-state index in [0.29, 0.717) is 23.0 Å². The van der Waals surface area contributed by atoms with Crippen molar-refractivity contribution in [2.45, 2.75) is 13.1 Å². The number of halogens is 3. The average molecular weight is 455 g/mol. The number of hydrogen-bond donors (Lipinski definition) is 1. The van der Waals surface area contributed by atoms with Gasteiger partial charge in [-0.3, -0.25) is 18.8 Å². The van der Waals surface area contributed by atoms with Crippen molar-refractivity contribution in [2.24, 2.45) is 0 Å². The highest BCUT2D eigenvalue weighted by atomic mass is 32.2. The molecule has 2 heterocycles. The Hall–Kier alpha value is -2.99. The van der Waals surface area contributed by atoms with E-state index in [9.17, 15) is 31.5 Å². The lowest BCUT2D eigenvalue weighted by atomic mass is 10.1. The molecule has 1 aromatic carbocycles. The second kappa shape index (κ2) is 9.02. The summed E-state index contributed by atoms with van der Waals surface area (Å²) in [7, 11) is 0. The number of rotatable bonds is 4. The van der Waals surface area contributed by atoms with Crippen LogP contribution >= 0.6 is 0 Å². The zero-order valence-electron chi connectivity index (χ0n) is 16.3. The van der Waals surface area contributed by atoms with E-state index in [4.69, 9.17) is 0 Å². The predicted molar refractivity (Wildman–Crippen MR) is 105 cm³/mol. The van der Waals surface area contributed by atoms with E-state index < -0.39 is 28.9 Å². The van der Waals surface area contributed by atoms with Crippen LogP contribution in [0.1, 0.15) is 32.0 Å². The molecule has 1 unspecified atom stereocenters. The third-order valence-corrected chi connectivity index (χ3v) is 5.22. The lowest BCUT2D eigenvalue weighted by Gasteiger charge is -2.34. The molecule has 31 heavy (non-hydrogen) atoms. The monoisotopic (exact) mass is 455 g/mol. The first-order valence-corrected chi connectivity index (χ1v) is 10.2. The molecular weight excluding hydrogens is 437 g/mol. The van der Waals surface area contributed by atoms with Gasteiger partial charge in [0.2, 0.25) is 0 Å². The van der Waals surface area contributed by atoms with Crippen molar-refractivity contribution in [2.75, 3.05) is 30.9 Å².